The molecule has 4 rings (SSSR count). The standard InChI is InChI=1S/C13H18O.C12H16O/c1-10-12(8-5-9-13(10)14)11-6-3-2-4-7-11;13-12-9-5-4-8-11(12)10-6-2-1-3-7-10/h5,8-9,11,14H,2-4,6-7H2,1H3;4-5,8-10,13H,1-3,6-7H2. The zero-order valence-corrected chi connectivity index (χ0v) is 16.7. The minimum absolute atomic E-state index is 0.452. The second-order valence-corrected chi connectivity index (χ2v) is 8.22. The van der Waals surface area contributed by atoms with Gasteiger partial charge in [-0.1, -0.05) is 68.9 Å². The van der Waals surface area contributed by atoms with Crippen LogP contribution in [-0.2, 0) is 0 Å². The predicted molar refractivity (Wildman–Crippen MR) is 113 cm³/mol. The second-order valence-electron chi connectivity index (χ2n) is 8.22. The van der Waals surface area contributed by atoms with Gasteiger partial charge in [-0.05, 0) is 73.3 Å². The number of aromatic hydroxyl groups is 2. The molecule has 2 nitrogen and oxygen atoms in total. The van der Waals surface area contributed by atoms with Crippen LogP contribution in [0.4, 0.5) is 0 Å². The summed E-state index contributed by atoms with van der Waals surface area (Å²) in [5.74, 6) is 2.23. The molecule has 2 aliphatic carbocycles. The van der Waals surface area contributed by atoms with E-state index < -0.39 is 0 Å². The number of hydrogen-bond donors (Lipinski definition) is 2. The lowest BCUT2D eigenvalue weighted by atomic mass is 9.82. The maximum atomic E-state index is 9.66. The molecule has 0 spiro atoms. The molecule has 0 unspecified atom stereocenters. The monoisotopic (exact) mass is 366 g/mol. The normalized spacial score (nSPS) is 18.6. The highest BCUT2D eigenvalue weighted by molar-refractivity contribution is 5.40. The van der Waals surface area contributed by atoms with Crippen LogP contribution < -0.4 is 0 Å². The average molecular weight is 367 g/mol. The van der Waals surface area contributed by atoms with Crippen LogP contribution in [0.3, 0.4) is 0 Å². The Bertz CT molecular complexity index is 710. The van der Waals surface area contributed by atoms with Crippen molar-refractivity contribution in [1.82, 2.24) is 0 Å². The molecule has 0 amide bonds. The topological polar surface area (TPSA) is 40.5 Å². The summed E-state index contributed by atoms with van der Waals surface area (Å²) in [4.78, 5) is 0. The third kappa shape index (κ3) is 5.28. The van der Waals surface area contributed by atoms with Gasteiger partial charge in [0.2, 0.25) is 0 Å². The summed E-state index contributed by atoms with van der Waals surface area (Å²) < 4.78 is 0. The van der Waals surface area contributed by atoms with Crippen molar-refractivity contribution in [2.45, 2.75) is 83.0 Å². The van der Waals surface area contributed by atoms with Gasteiger partial charge >= 0.3 is 0 Å². The molecule has 2 aromatic rings. The molecule has 0 heterocycles. The Morgan fingerprint density at radius 3 is 1.67 bits per heavy atom. The Kier molecular flexibility index (Phi) is 7.20. The van der Waals surface area contributed by atoms with Crippen molar-refractivity contribution in [1.29, 1.82) is 0 Å². The van der Waals surface area contributed by atoms with Crippen molar-refractivity contribution in [2.24, 2.45) is 0 Å². The van der Waals surface area contributed by atoms with Gasteiger partial charge in [0.05, 0.1) is 0 Å². The van der Waals surface area contributed by atoms with Gasteiger partial charge in [-0.25, -0.2) is 0 Å². The SMILES string of the molecule is Cc1c(O)cccc1C1CCCCC1.Oc1ccccc1C1CCCCC1. The molecule has 0 radical (unpaired) electrons. The summed E-state index contributed by atoms with van der Waals surface area (Å²) in [7, 11) is 0. The second kappa shape index (κ2) is 9.82. The summed E-state index contributed by atoms with van der Waals surface area (Å²) >= 11 is 0. The van der Waals surface area contributed by atoms with E-state index in [1.54, 1.807) is 12.1 Å². The third-order valence-corrected chi connectivity index (χ3v) is 6.37. The summed E-state index contributed by atoms with van der Waals surface area (Å²) in [5, 5.41) is 19.3. The number of para-hydroxylation sites is 1. The first-order valence-electron chi connectivity index (χ1n) is 10.7. The van der Waals surface area contributed by atoms with E-state index in [0.717, 1.165) is 11.1 Å². The van der Waals surface area contributed by atoms with Crippen LogP contribution in [0, 0.1) is 6.92 Å². The summed E-state index contributed by atoms with van der Waals surface area (Å²) in [6.45, 7) is 2.03. The maximum absolute atomic E-state index is 9.66. The Labute approximate surface area is 164 Å². The lowest BCUT2D eigenvalue weighted by molar-refractivity contribution is 0.414. The maximum Gasteiger partial charge on any atom is 0.119 e. The van der Waals surface area contributed by atoms with Crippen molar-refractivity contribution in [2.75, 3.05) is 0 Å². The van der Waals surface area contributed by atoms with E-state index in [1.165, 1.54) is 69.8 Å². The first-order chi connectivity index (χ1) is 13.2. The lowest BCUT2D eigenvalue weighted by Crippen LogP contribution is -2.05. The molecule has 0 aliphatic heterocycles. The molecule has 0 aromatic heterocycles. The van der Waals surface area contributed by atoms with Crippen LogP contribution in [0.1, 0.15) is 92.7 Å². The van der Waals surface area contributed by atoms with Gasteiger partial charge in [0.1, 0.15) is 11.5 Å². The van der Waals surface area contributed by atoms with Gasteiger partial charge in [0.25, 0.3) is 0 Å². The average Bonchev–Trinajstić information content (AvgIpc) is 2.72. The number of rotatable bonds is 2. The van der Waals surface area contributed by atoms with E-state index in [1.807, 2.05) is 25.1 Å². The molecule has 2 saturated carbocycles. The van der Waals surface area contributed by atoms with E-state index in [-0.39, 0.29) is 0 Å². The van der Waals surface area contributed by atoms with Crippen molar-refractivity contribution >= 4 is 0 Å². The molecular formula is C25H34O2. The molecule has 0 bridgehead atoms. The Morgan fingerprint density at radius 1 is 0.593 bits per heavy atom. The Balaban J connectivity index is 0.000000156. The van der Waals surface area contributed by atoms with Crippen molar-refractivity contribution < 1.29 is 10.2 Å². The molecule has 2 aliphatic rings. The molecule has 2 fully saturated rings. The first-order valence-corrected chi connectivity index (χ1v) is 10.7. The van der Waals surface area contributed by atoms with Crippen LogP contribution >= 0.6 is 0 Å². The van der Waals surface area contributed by atoms with Gasteiger partial charge in [-0.15, -0.1) is 0 Å². The highest BCUT2D eigenvalue weighted by Crippen LogP contribution is 2.37. The highest BCUT2D eigenvalue weighted by Gasteiger charge is 2.18. The number of phenols is 2. The number of hydrogen-bond acceptors (Lipinski definition) is 2. The summed E-state index contributed by atoms with van der Waals surface area (Å²) in [6.07, 6.45) is 13.2. The molecule has 27 heavy (non-hydrogen) atoms. The van der Waals surface area contributed by atoms with Gasteiger partial charge in [0.15, 0.2) is 0 Å². The van der Waals surface area contributed by atoms with Crippen LogP contribution in [0.5, 0.6) is 11.5 Å². The minimum Gasteiger partial charge on any atom is -0.508 e. The smallest absolute Gasteiger partial charge is 0.119 e. The van der Waals surface area contributed by atoms with E-state index in [4.69, 9.17) is 0 Å². The van der Waals surface area contributed by atoms with Crippen LogP contribution in [0.2, 0.25) is 0 Å². The highest BCUT2D eigenvalue weighted by atomic mass is 16.3. The zero-order chi connectivity index (χ0) is 19.1. The minimum atomic E-state index is 0.452. The fourth-order valence-electron chi connectivity index (χ4n) is 4.74. The third-order valence-electron chi connectivity index (χ3n) is 6.37. The molecule has 2 aromatic carbocycles. The lowest BCUT2D eigenvalue weighted by Gasteiger charge is -2.23. The largest absolute Gasteiger partial charge is 0.508 e. The van der Waals surface area contributed by atoms with Crippen molar-refractivity contribution in [3.63, 3.8) is 0 Å². The zero-order valence-electron chi connectivity index (χ0n) is 16.7. The fourth-order valence-corrected chi connectivity index (χ4v) is 4.74. The molecule has 2 N–H and O–H groups in total. The molecule has 0 saturated heterocycles. The quantitative estimate of drug-likeness (QED) is 0.590. The van der Waals surface area contributed by atoms with Crippen molar-refractivity contribution in [3.05, 3.63) is 59.2 Å². The van der Waals surface area contributed by atoms with E-state index >= 15 is 0 Å². The summed E-state index contributed by atoms with van der Waals surface area (Å²) in [6, 6.07) is 13.7. The Morgan fingerprint density at radius 2 is 1.07 bits per heavy atom. The summed E-state index contributed by atoms with van der Waals surface area (Å²) in [5.41, 5.74) is 3.60. The van der Waals surface area contributed by atoms with Gasteiger partial charge in [-0.3, -0.25) is 0 Å². The number of benzene rings is 2. The van der Waals surface area contributed by atoms with Crippen LogP contribution in [-0.4, -0.2) is 10.2 Å². The van der Waals surface area contributed by atoms with Crippen LogP contribution in [0.25, 0.3) is 0 Å². The Hall–Kier alpha value is -1.96. The van der Waals surface area contributed by atoms with Gasteiger partial charge in [0, 0.05) is 0 Å². The molecule has 0 atom stereocenters. The van der Waals surface area contributed by atoms with Gasteiger partial charge < -0.3 is 10.2 Å². The van der Waals surface area contributed by atoms with Crippen LogP contribution in [0.15, 0.2) is 42.5 Å². The van der Waals surface area contributed by atoms with E-state index in [9.17, 15) is 10.2 Å². The number of phenolic OH excluding ortho intramolecular Hbond substituents is 2. The van der Waals surface area contributed by atoms with E-state index in [0.29, 0.717) is 23.3 Å². The van der Waals surface area contributed by atoms with Crippen molar-refractivity contribution in [3.8, 4) is 11.5 Å². The molecule has 146 valence electrons. The van der Waals surface area contributed by atoms with Gasteiger partial charge in [-0.2, -0.15) is 0 Å². The molecular weight excluding hydrogens is 332 g/mol. The first kappa shape index (κ1) is 19.8. The molecule has 2 heteroatoms. The predicted octanol–water partition coefficient (Wildman–Crippen LogP) is 7.19. The van der Waals surface area contributed by atoms with E-state index in [2.05, 4.69) is 12.1 Å². The fraction of sp³-hybridized carbons (Fsp3) is 0.520.